The van der Waals surface area contributed by atoms with Crippen LogP contribution < -0.4 is 13.9 Å². The molecule has 0 atom stereocenters. The number of nitrogens with zero attached hydrogens (tertiary/aromatic N) is 5. The summed E-state index contributed by atoms with van der Waals surface area (Å²) in [5, 5.41) is 6.76. The Labute approximate surface area is 480 Å². The van der Waals surface area contributed by atoms with E-state index in [2.05, 4.69) is 256 Å². The van der Waals surface area contributed by atoms with Crippen molar-refractivity contribution in [3.05, 3.63) is 223 Å². The van der Waals surface area contributed by atoms with Crippen LogP contribution in [0.4, 0.5) is 22.7 Å². The van der Waals surface area contributed by atoms with Crippen molar-refractivity contribution in [2.24, 2.45) is 0 Å². The molecule has 0 saturated heterocycles. The summed E-state index contributed by atoms with van der Waals surface area (Å²) in [6.45, 7) is 20.4. The van der Waals surface area contributed by atoms with Crippen molar-refractivity contribution in [3.63, 3.8) is 0 Å². The largest absolute Gasteiger partial charge is 2.00 e. The quantitative estimate of drug-likeness (QED) is 0.118. The predicted octanol–water partition coefficient (Wildman–Crippen LogP) is 19.0. The van der Waals surface area contributed by atoms with E-state index in [1.807, 2.05) is 36.5 Å². The number of hydrogen-bond donors (Lipinski definition) is 0. The molecule has 1 aliphatic rings. The Morgan fingerprint density at radius 2 is 1.11 bits per heavy atom. The zero-order valence-corrected chi connectivity index (χ0v) is 48.6. The van der Waals surface area contributed by atoms with Gasteiger partial charge in [0.25, 0.3) is 5.69 Å². The summed E-state index contributed by atoms with van der Waals surface area (Å²) in [5.74, 6) is 1.93. The van der Waals surface area contributed by atoms with E-state index in [1.165, 1.54) is 27.5 Å². The molecule has 0 saturated carbocycles. The third-order valence-corrected chi connectivity index (χ3v) is 15.8. The van der Waals surface area contributed by atoms with Crippen LogP contribution in [0.15, 0.2) is 199 Å². The monoisotopic (exact) mass is 1220 g/mol. The van der Waals surface area contributed by atoms with Gasteiger partial charge in [-0.2, -0.15) is 12.1 Å². The Balaban J connectivity index is 0.00000605. The van der Waals surface area contributed by atoms with Crippen LogP contribution in [-0.4, -0.2) is 20.1 Å². The second-order valence-electron chi connectivity index (χ2n) is 24.1. The van der Waals surface area contributed by atoms with Gasteiger partial charge in [-0.3, -0.25) is 0 Å². The van der Waals surface area contributed by atoms with Gasteiger partial charge >= 0.3 is 32.8 Å². The fourth-order valence-electron chi connectivity index (χ4n) is 11.6. The molecular formula is C72H59N5O2Pt+2. The average molecular weight is 1220 g/mol. The number of para-hydroxylation sites is 5. The Hall–Kier alpha value is -8.60. The van der Waals surface area contributed by atoms with Crippen molar-refractivity contribution in [1.29, 1.82) is 0 Å². The van der Waals surface area contributed by atoms with Gasteiger partial charge in [0, 0.05) is 74.2 Å². The summed E-state index contributed by atoms with van der Waals surface area (Å²) in [6, 6.07) is 78.1. The summed E-state index contributed by atoms with van der Waals surface area (Å²) >= 11 is 0. The van der Waals surface area contributed by atoms with E-state index in [-0.39, 0.29) is 37.3 Å². The van der Waals surface area contributed by atoms with Gasteiger partial charge in [-0.05, 0) is 97.5 Å². The molecule has 0 unspecified atom stereocenters. The molecule has 4 aromatic heterocycles. The molecule has 80 heavy (non-hydrogen) atoms. The van der Waals surface area contributed by atoms with Gasteiger partial charge in [0.05, 0.1) is 16.6 Å². The first-order valence-electron chi connectivity index (χ1n) is 27.3. The maximum absolute atomic E-state index is 6.88. The zero-order valence-electron chi connectivity index (χ0n) is 46.3. The average Bonchev–Trinajstić information content (AvgIpc) is 4.32. The van der Waals surface area contributed by atoms with Crippen molar-refractivity contribution in [1.82, 2.24) is 23.3 Å². The smallest absolute Gasteiger partial charge is 0.509 e. The van der Waals surface area contributed by atoms with Crippen molar-refractivity contribution < 1.29 is 30.2 Å². The van der Waals surface area contributed by atoms with E-state index >= 15 is 0 Å². The molecule has 0 N–H and O–H groups in total. The molecule has 0 radical (unpaired) electrons. The van der Waals surface area contributed by atoms with E-state index in [1.54, 1.807) is 0 Å². The van der Waals surface area contributed by atoms with E-state index < -0.39 is 0 Å². The van der Waals surface area contributed by atoms with E-state index in [4.69, 9.17) is 14.1 Å². The molecule has 0 bridgehead atoms. The van der Waals surface area contributed by atoms with Gasteiger partial charge < -0.3 is 18.3 Å². The summed E-state index contributed by atoms with van der Waals surface area (Å²) in [4.78, 5) is 5.02. The topological polar surface area (TPSA) is 51.1 Å². The number of ether oxygens (including phenoxy) is 1. The van der Waals surface area contributed by atoms with Crippen LogP contribution >= 0.6 is 0 Å². The van der Waals surface area contributed by atoms with Crippen LogP contribution in [0.3, 0.4) is 0 Å². The van der Waals surface area contributed by atoms with E-state index in [9.17, 15) is 0 Å². The van der Waals surface area contributed by atoms with Crippen LogP contribution in [0.5, 0.6) is 11.5 Å². The first kappa shape index (κ1) is 50.9. The van der Waals surface area contributed by atoms with E-state index in [0.29, 0.717) is 11.5 Å². The van der Waals surface area contributed by atoms with Crippen LogP contribution in [-0.2, 0) is 37.3 Å². The van der Waals surface area contributed by atoms with E-state index in [0.717, 1.165) is 100 Å². The fourth-order valence-corrected chi connectivity index (χ4v) is 11.6. The van der Waals surface area contributed by atoms with Gasteiger partial charge in [-0.25, -0.2) is 4.98 Å². The first-order valence-corrected chi connectivity index (χ1v) is 27.3. The number of rotatable bonds is 7. The number of benzene rings is 9. The molecule has 13 aromatic rings. The Morgan fingerprint density at radius 1 is 0.487 bits per heavy atom. The number of fused-ring (bicyclic) bond motifs is 10. The molecule has 0 fully saturated rings. The van der Waals surface area contributed by atoms with Gasteiger partial charge in [0.1, 0.15) is 22.7 Å². The van der Waals surface area contributed by atoms with Gasteiger partial charge in [-0.15, -0.1) is 23.6 Å². The normalized spacial score (nSPS) is 12.9. The summed E-state index contributed by atoms with van der Waals surface area (Å²) in [7, 11) is 0. The van der Waals surface area contributed by atoms with Crippen LogP contribution in [0.2, 0.25) is 0 Å². The molecule has 0 amide bonds. The van der Waals surface area contributed by atoms with Crippen LogP contribution in [0.1, 0.15) is 79.0 Å². The van der Waals surface area contributed by atoms with Gasteiger partial charge in [0.2, 0.25) is 5.69 Å². The Bertz CT molecular complexity index is 4670. The van der Waals surface area contributed by atoms with Gasteiger partial charge in [-0.1, -0.05) is 169 Å². The molecule has 8 heteroatoms. The van der Waals surface area contributed by atoms with Crippen molar-refractivity contribution in [3.8, 4) is 34.1 Å². The first-order chi connectivity index (χ1) is 38.0. The number of aromatic nitrogens is 3. The maximum atomic E-state index is 6.88. The Morgan fingerprint density at radius 3 is 1.84 bits per heavy atom. The molecule has 9 aromatic carbocycles. The minimum absolute atomic E-state index is 0. The molecule has 7 nitrogen and oxygen atoms in total. The second-order valence-corrected chi connectivity index (χ2v) is 24.1. The summed E-state index contributed by atoms with van der Waals surface area (Å²) in [5.41, 5.74) is 16.2. The number of pyridine rings is 1. The summed E-state index contributed by atoms with van der Waals surface area (Å²) in [6.07, 6.45) is 1.92. The fraction of sp³-hybridized carbons (Fsp3) is 0.167. The second kappa shape index (κ2) is 18.8. The standard InChI is InChI=1S/C72H59N5O2.Pt/c1-70(2,3)45-35-36-73-67(40-45)77-63-34-31-49(76-61-27-13-10-21-53(61)54-22-11-14-28-62(54)76)42-60(63)55-33-32-52(43-65(55)77)78-51-20-16-19-48(41-51)74-44-75(50-38-46(71(4,5)6)37-47(39-50)72(7,8)9)68-57(24-18-29-64(68)74)59-26-17-25-58-56-23-12-15-30-66(56)79-69(58)59;/h10-40,42H,1-9H3;/q;+2. The number of hydrogen-bond acceptors (Lipinski definition) is 3. The molecular weight excluding hydrogens is 1160 g/mol. The molecule has 392 valence electrons. The van der Waals surface area contributed by atoms with Crippen molar-refractivity contribution in [2.45, 2.75) is 78.6 Å². The van der Waals surface area contributed by atoms with Crippen LogP contribution in [0, 0.1) is 12.1 Å². The Kier molecular flexibility index (Phi) is 11.9. The number of furan rings is 1. The minimum Gasteiger partial charge on any atom is -0.509 e. The molecule has 14 rings (SSSR count). The maximum Gasteiger partial charge on any atom is 2.00 e. The molecule has 0 aliphatic carbocycles. The zero-order chi connectivity index (χ0) is 54.1. The van der Waals surface area contributed by atoms with Gasteiger partial charge in [0.15, 0.2) is 0 Å². The SMILES string of the molecule is CC(C)(C)c1cc([N+]2=C=[N+](c3[c-]c(Oc4[c-]c5c(cc4)c4cc(-n6c7ccccc7c7ccccc76)ccc4n5-c4cc(C(C)(C)C)ccn4)ccc3)c3cccc(-c4cccc5c4oc4ccccc45)c32)cc(C(C)(C)C)c1.[Pt+2]. The van der Waals surface area contributed by atoms with Crippen molar-refractivity contribution in [2.75, 3.05) is 0 Å². The third-order valence-electron chi connectivity index (χ3n) is 15.8. The summed E-state index contributed by atoms with van der Waals surface area (Å²) < 4.78 is 22.5. The molecule has 1 aliphatic heterocycles. The molecule has 5 heterocycles. The predicted molar refractivity (Wildman–Crippen MR) is 327 cm³/mol. The minimum atomic E-state index is -0.102. The van der Waals surface area contributed by atoms with Crippen LogP contribution in [0.25, 0.3) is 88.2 Å². The molecule has 0 spiro atoms. The third kappa shape index (κ3) is 8.42. The van der Waals surface area contributed by atoms with Crippen molar-refractivity contribution >= 4 is 94.3 Å².